The zero-order valence-corrected chi connectivity index (χ0v) is 10.1. The second-order valence-corrected chi connectivity index (χ2v) is 5.12. The number of aliphatic hydroxyl groups is 1. The van der Waals surface area contributed by atoms with Crippen LogP contribution in [0, 0.1) is 5.92 Å². The average molecular weight is 228 g/mol. The monoisotopic (exact) mass is 228 g/mol. The SMILES string of the molecule is C[C@@H]1Cc2c(nc3ccccc3c2N)[C@]1(C)O. The lowest BCUT2D eigenvalue weighted by atomic mass is 9.94. The number of hydrogen-bond acceptors (Lipinski definition) is 3. The fourth-order valence-corrected chi connectivity index (χ4v) is 2.64. The Kier molecular flexibility index (Phi) is 1.98. The number of para-hydroxylation sites is 1. The molecule has 0 aliphatic heterocycles. The molecule has 1 aromatic heterocycles. The Morgan fingerprint density at radius 3 is 2.88 bits per heavy atom. The predicted molar refractivity (Wildman–Crippen MR) is 68.6 cm³/mol. The third-order valence-corrected chi connectivity index (χ3v) is 3.99. The molecule has 0 saturated carbocycles. The van der Waals surface area contributed by atoms with E-state index in [1.807, 2.05) is 38.1 Å². The highest BCUT2D eigenvalue weighted by molar-refractivity contribution is 5.92. The zero-order chi connectivity index (χ0) is 12.2. The molecular formula is C14H16N2O. The molecule has 1 aliphatic carbocycles. The maximum absolute atomic E-state index is 10.5. The van der Waals surface area contributed by atoms with Gasteiger partial charge < -0.3 is 10.8 Å². The molecule has 0 bridgehead atoms. The van der Waals surface area contributed by atoms with E-state index in [9.17, 15) is 5.11 Å². The molecule has 1 heterocycles. The first kappa shape index (κ1) is 10.5. The topological polar surface area (TPSA) is 59.1 Å². The third kappa shape index (κ3) is 1.29. The first-order chi connectivity index (χ1) is 8.01. The highest BCUT2D eigenvalue weighted by Crippen LogP contribution is 2.43. The summed E-state index contributed by atoms with van der Waals surface area (Å²) in [7, 11) is 0. The van der Waals surface area contributed by atoms with E-state index in [0.717, 1.165) is 34.3 Å². The summed E-state index contributed by atoms with van der Waals surface area (Å²) in [5, 5.41) is 11.5. The largest absolute Gasteiger partial charge is 0.398 e. The summed E-state index contributed by atoms with van der Waals surface area (Å²) in [5.41, 5.74) is 8.73. The Labute approximate surface area is 100 Å². The van der Waals surface area contributed by atoms with Crippen LogP contribution in [0.3, 0.4) is 0 Å². The van der Waals surface area contributed by atoms with E-state index in [2.05, 4.69) is 4.98 Å². The van der Waals surface area contributed by atoms with Gasteiger partial charge in [-0.1, -0.05) is 25.1 Å². The molecule has 3 N–H and O–H groups in total. The number of hydrogen-bond donors (Lipinski definition) is 2. The van der Waals surface area contributed by atoms with Gasteiger partial charge in [0.2, 0.25) is 0 Å². The summed E-state index contributed by atoms with van der Waals surface area (Å²) in [5.74, 6) is 0.157. The first-order valence-corrected chi connectivity index (χ1v) is 5.91. The van der Waals surface area contributed by atoms with Gasteiger partial charge in [-0.3, -0.25) is 0 Å². The molecule has 3 heteroatoms. The highest BCUT2D eigenvalue weighted by Gasteiger charge is 2.41. The lowest BCUT2D eigenvalue weighted by molar-refractivity contribution is 0.0118. The van der Waals surface area contributed by atoms with Crippen molar-refractivity contribution >= 4 is 16.6 Å². The number of anilines is 1. The second kappa shape index (κ2) is 3.20. The molecule has 0 unspecified atom stereocenters. The molecule has 0 spiro atoms. The normalized spacial score (nSPS) is 27.4. The molecule has 1 aliphatic rings. The average Bonchev–Trinajstić information content (AvgIpc) is 2.53. The van der Waals surface area contributed by atoms with Crippen LogP contribution in [0.5, 0.6) is 0 Å². The molecular weight excluding hydrogens is 212 g/mol. The standard InChI is InChI=1S/C14H16N2O/c1-8-7-10-12(15)9-5-3-4-6-11(9)16-13(10)14(8,2)17/h3-6,8,17H,7H2,1-2H3,(H2,15,16)/t8-,14-/m1/s1. The lowest BCUT2D eigenvalue weighted by Crippen LogP contribution is -2.26. The van der Waals surface area contributed by atoms with Gasteiger partial charge in [0.1, 0.15) is 5.60 Å². The number of rotatable bonds is 0. The molecule has 3 nitrogen and oxygen atoms in total. The van der Waals surface area contributed by atoms with E-state index < -0.39 is 5.60 Å². The van der Waals surface area contributed by atoms with Crippen LogP contribution in [-0.4, -0.2) is 10.1 Å². The van der Waals surface area contributed by atoms with Gasteiger partial charge in [0.15, 0.2) is 0 Å². The third-order valence-electron chi connectivity index (χ3n) is 3.99. The van der Waals surface area contributed by atoms with E-state index in [4.69, 9.17) is 5.73 Å². The second-order valence-electron chi connectivity index (χ2n) is 5.12. The molecule has 2 aromatic rings. The Balaban J connectivity index is 2.39. The van der Waals surface area contributed by atoms with Crippen LogP contribution in [0.4, 0.5) is 5.69 Å². The number of pyridine rings is 1. The van der Waals surface area contributed by atoms with Crippen LogP contribution in [0.1, 0.15) is 25.1 Å². The molecule has 0 amide bonds. The zero-order valence-electron chi connectivity index (χ0n) is 10.1. The van der Waals surface area contributed by atoms with Crippen molar-refractivity contribution in [1.82, 2.24) is 4.98 Å². The van der Waals surface area contributed by atoms with Crippen molar-refractivity contribution in [2.45, 2.75) is 25.9 Å². The summed E-state index contributed by atoms with van der Waals surface area (Å²) in [6.45, 7) is 3.86. The van der Waals surface area contributed by atoms with Gasteiger partial charge in [-0.2, -0.15) is 0 Å². The molecule has 3 rings (SSSR count). The van der Waals surface area contributed by atoms with Crippen LogP contribution >= 0.6 is 0 Å². The fraction of sp³-hybridized carbons (Fsp3) is 0.357. The van der Waals surface area contributed by atoms with Crippen molar-refractivity contribution in [2.75, 3.05) is 5.73 Å². The number of benzene rings is 1. The summed E-state index contributed by atoms with van der Waals surface area (Å²) in [4.78, 5) is 4.59. The lowest BCUT2D eigenvalue weighted by Gasteiger charge is -2.22. The Morgan fingerprint density at radius 1 is 1.41 bits per heavy atom. The number of fused-ring (bicyclic) bond motifs is 2. The summed E-state index contributed by atoms with van der Waals surface area (Å²) in [6.07, 6.45) is 0.798. The van der Waals surface area contributed by atoms with Gasteiger partial charge in [0, 0.05) is 16.6 Å². The number of aromatic nitrogens is 1. The van der Waals surface area contributed by atoms with Gasteiger partial charge in [-0.25, -0.2) is 4.98 Å². The van der Waals surface area contributed by atoms with E-state index in [-0.39, 0.29) is 5.92 Å². The van der Waals surface area contributed by atoms with E-state index in [1.54, 1.807) is 0 Å². The van der Waals surface area contributed by atoms with Gasteiger partial charge in [-0.15, -0.1) is 0 Å². The maximum Gasteiger partial charge on any atom is 0.107 e. The molecule has 0 radical (unpaired) electrons. The van der Waals surface area contributed by atoms with Crippen LogP contribution in [0.2, 0.25) is 0 Å². The minimum absolute atomic E-state index is 0.157. The van der Waals surface area contributed by atoms with Crippen LogP contribution < -0.4 is 5.73 Å². The van der Waals surface area contributed by atoms with Crippen molar-refractivity contribution in [2.24, 2.45) is 5.92 Å². The maximum atomic E-state index is 10.5. The van der Waals surface area contributed by atoms with Gasteiger partial charge in [0.05, 0.1) is 11.2 Å². The smallest absolute Gasteiger partial charge is 0.107 e. The quantitative estimate of drug-likeness (QED) is 0.726. The highest BCUT2D eigenvalue weighted by atomic mass is 16.3. The van der Waals surface area contributed by atoms with E-state index in [0.29, 0.717) is 0 Å². The molecule has 88 valence electrons. The minimum atomic E-state index is -0.868. The summed E-state index contributed by atoms with van der Waals surface area (Å²) >= 11 is 0. The van der Waals surface area contributed by atoms with Crippen molar-refractivity contribution in [1.29, 1.82) is 0 Å². The van der Waals surface area contributed by atoms with Gasteiger partial charge in [0.25, 0.3) is 0 Å². The van der Waals surface area contributed by atoms with Crippen LogP contribution in [0.25, 0.3) is 10.9 Å². The van der Waals surface area contributed by atoms with Crippen molar-refractivity contribution in [3.63, 3.8) is 0 Å². The number of nitrogen functional groups attached to an aromatic ring is 1. The van der Waals surface area contributed by atoms with Crippen molar-refractivity contribution in [3.8, 4) is 0 Å². The Bertz CT molecular complexity index is 604. The predicted octanol–water partition coefficient (Wildman–Crippen LogP) is 2.22. The minimum Gasteiger partial charge on any atom is -0.398 e. The fourth-order valence-electron chi connectivity index (χ4n) is 2.64. The molecule has 2 atom stereocenters. The first-order valence-electron chi connectivity index (χ1n) is 5.91. The Morgan fingerprint density at radius 2 is 2.12 bits per heavy atom. The van der Waals surface area contributed by atoms with Crippen LogP contribution in [-0.2, 0) is 12.0 Å². The van der Waals surface area contributed by atoms with Crippen molar-refractivity contribution in [3.05, 3.63) is 35.5 Å². The van der Waals surface area contributed by atoms with E-state index >= 15 is 0 Å². The van der Waals surface area contributed by atoms with E-state index in [1.165, 1.54) is 0 Å². The molecule has 17 heavy (non-hydrogen) atoms. The van der Waals surface area contributed by atoms with Crippen molar-refractivity contribution < 1.29 is 5.11 Å². The molecule has 0 fully saturated rings. The van der Waals surface area contributed by atoms with Gasteiger partial charge in [-0.05, 0) is 25.3 Å². The number of nitrogens with two attached hydrogens (primary N) is 1. The number of nitrogens with zero attached hydrogens (tertiary/aromatic N) is 1. The summed E-state index contributed by atoms with van der Waals surface area (Å²) in [6, 6.07) is 7.82. The molecule has 0 saturated heterocycles. The van der Waals surface area contributed by atoms with Crippen LogP contribution in [0.15, 0.2) is 24.3 Å². The molecule has 1 aromatic carbocycles. The summed E-state index contributed by atoms with van der Waals surface area (Å²) < 4.78 is 0. The van der Waals surface area contributed by atoms with Gasteiger partial charge >= 0.3 is 0 Å². The Hall–Kier alpha value is -1.61.